The number of nitrogens with one attached hydrogen (secondary N) is 1. The van der Waals surface area contributed by atoms with Gasteiger partial charge in [0.25, 0.3) is 0 Å². The lowest BCUT2D eigenvalue weighted by atomic mass is 10.2. The van der Waals surface area contributed by atoms with Crippen LogP contribution in [0.2, 0.25) is 0 Å². The van der Waals surface area contributed by atoms with E-state index in [2.05, 4.69) is 27.4 Å². The van der Waals surface area contributed by atoms with Crippen molar-refractivity contribution in [3.8, 4) is 11.4 Å². The van der Waals surface area contributed by atoms with Crippen LogP contribution in [0.4, 0.5) is 0 Å². The molecule has 0 saturated carbocycles. The summed E-state index contributed by atoms with van der Waals surface area (Å²) in [6.07, 6.45) is 0.651. The minimum atomic E-state index is 0.175. The number of aromatic nitrogens is 3. The van der Waals surface area contributed by atoms with Crippen LogP contribution in [-0.4, -0.2) is 41.4 Å². The van der Waals surface area contributed by atoms with E-state index < -0.39 is 0 Å². The van der Waals surface area contributed by atoms with Gasteiger partial charge in [-0.2, -0.15) is 4.98 Å². The van der Waals surface area contributed by atoms with E-state index in [-0.39, 0.29) is 6.04 Å². The first kappa shape index (κ1) is 15.6. The molecule has 0 saturated heterocycles. The number of hydrogen-bond donors (Lipinski definition) is 1. The van der Waals surface area contributed by atoms with E-state index in [1.807, 2.05) is 26.0 Å². The van der Waals surface area contributed by atoms with Gasteiger partial charge in [0.2, 0.25) is 11.7 Å². The smallest absolute Gasteiger partial charge is 0.228 e. The highest BCUT2D eigenvalue weighted by Crippen LogP contribution is 2.18. The highest BCUT2D eigenvalue weighted by atomic mass is 16.5. The van der Waals surface area contributed by atoms with Crippen LogP contribution >= 0.6 is 0 Å². The number of aryl methyl sites for hydroxylation is 2. The fraction of sp³-hybridized carbons (Fsp3) is 0.533. The summed E-state index contributed by atoms with van der Waals surface area (Å²) >= 11 is 0. The van der Waals surface area contributed by atoms with E-state index in [0.29, 0.717) is 24.7 Å². The molecule has 0 bridgehead atoms. The summed E-state index contributed by atoms with van der Waals surface area (Å²) in [4.78, 5) is 8.82. The van der Waals surface area contributed by atoms with Gasteiger partial charge in [0.05, 0.1) is 6.61 Å². The predicted molar refractivity (Wildman–Crippen MR) is 80.0 cm³/mol. The van der Waals surface area contributed by atoms with Crippen LogP contribution in [0.15, 0.2) is 16.7 Å². The minimum absolute atomic E-state index is 0.175. The lowest BCUT2D eigenvalue weighted by Crippen LogP contribution is -2.35. The van der Waals surface area contributed by atoms with Gasteiger partial charge in [0.15, 0.2) is 0 Å². The maximum absolute atomic E-state index is 5.34. The molecule has 2 rings (SSSR count). The van der Waals surface area contributed by atoms with Crippen LogP contribution < -0.4 is 5.32 Å². The average molecular weight is 290 g/mol. The molecule has 0 fully saturated rings. The molecule has 0 aliphatic carbocycles. The summed E-state index contributed by atoms with van der Waals surface area (Å²) < 4.78 is 10.5. The summed E-state index contributed by atoms with van der Waals surface area (Å²) in [5, 5.41) is 7.40. The van der Waals surface area contributed by atoms with Gasteiger partial charge in [-0.15, -0.1) is 0 Å². The van der Waals surface area contributed by atoms with E-state index in [0.717, 1.165) is 23.5 Å². The standard InChI is InChI=1S/C15H22N4O2/c1-5-16-13(9-20-4)8-14-18-15(19-21-14)12-6-10(2)17-11(3)7-12/h6-7,13,16H,5,8-9H2,1-4H3. The van der Waals surface area contributed by atoms with E-state index in [4.69, 9.17) is 9.26 Å². The second-order valence-corrected chi connectivity index (χ2v) is 5.06. The van der Waals surface area contributed by atoms with Gasteiger partial charge in [0, 0.05) is 36.5 Å². The zero-order chi connectivity index (χ0) is 15.2. The van der Waals surface area contributed by atoms with Gasteiger partial charge in [0.1, 0.15) is 0 Å². The molecule has 2 heterocycles. The Hall–Kier alpha value is -1.79. The molecule has 1 atom stereocenters. The Balaban J connectivity index is 2.13. The molecule has 21 heavy (non-hydrogen) atoms. The van der Waals surface area contributed by atoms with Crippen molar-refractivity contribution in [1.82, 2.24) is 20.4 Å². The second-order valence-electron chi connectivity index (χ2n) is 5.06. The van der Waals surface area contributed by atoms with E-state index >= 15 is 0 Å². The molecule has 0 aromatic carbocycles. The predicted octanol–water partition coefficient (Wildman–Crippen LogP) is 1.92. The van der Waals surface area contributed by atoms with Gasteiger partial charge in [-0.05, 0) is 32.5 Å². The van der Waals surface area contributed by atoms with Crippen molar-refractivity contribution in [2.45, 2.75) is 33.2 Å². The van der Waals surface area contributed by atoms with Gasteiger partial charge in [-0.25, -0.2) is 0 Å². The van der Waals surface area contributed by atoms with Crippen LogP contribution in [0, 0.1) is 13.8 Å². The Bertz CT molecular complexity index is 557. The fourth-order valence-corrected chi connectivity index (χ4v) is 2.31. The van der Waals surface area contributed by atoms with Crippen LogP contribution in [-0.2, 0) is 11.2 Å². The van der Waals surface area contributed by atoms with Crippen LogP contribution in [0.1, 0.15) is 24.2 Å². The zero-order valence-electron chi connectivity index (χ0n) is 13.0. The van der Waals surface area contributed by atoms with Crippen molar-refractivity contribution in [2.24, 2.45) is 0 Å². The molecule has 1 N–H and O–H groups in total. The third kappa shape index (κ3) is 4.34. The van der Waals surface area contributed by atoms with Crippen molar-refractivity contribution in [1.29, 1.82) is 0 Å². The molecule has 1 unspecified atom stereocenters. The first-order valence-electron chi connectivity index (χ1n) is 7.13. The largest absolute Gasteiger partial charge is 0.383 e. The maximum atomic E-state index is 5.34. The molecule has 0 aliphatic heterocycles. The molecular weight excluding hydrogens is 268 g/mol. The number of hydrogen-bond acceptors (Lipinski definition) is 6. The fourth-order valence-electron chi connectivity index (χ4n) is 2.31. The third-order valence-corrected chi connectivity index (χ3v) is 3.09. The Morgan fingerprint density at radius 2 is 1.95 bits per heavy atom. The van der Waals surface area contributed by atoms with Crippen molar-refractivity contribution >= 4 is 0 Å². The number of ether oxygens (including phenoxy) is 1. The highest BCUT2D eigenvalue weighted by Gasteiger charge is 2.15. The van der Waals surface area contributed by atoms with Gasteiger partial charge in [-0.3, -0.25) is 4.98 Å². The molecule has 0 amide bonds. The lowest BCUT2D eigenvalue weighted by Gasteiger charge is -2.14. The summed E-state index contributed by atoms with van der Waals surface area (Å²) in [7, 11) is 1.69. The summed E-state index contributed by atoms with van der Waals surface area (Å²) in [5.74, 6) is 1.21. The van der Waals surface area contributed by atoms with Gasteiger partial charge >= 0.3 is 0 Å². The van der Waals surface area contributed by atoms with E-state index in [1.54, 1.807) is 7.11 Å². The maximum Gasteiger partial charge on any atom is 0.228 e. The number of rotatable bonds is 7. The minimum Gasteiger partial charge on any atom is -0.383 e. The molecule has 6 heteroatoms. The summed E-state index contributed by atoms with van der Waals surface area (Å²) in [5.41, 5.74) is 2.82. The number of methoxy groups -OCH3 is 1. The van der Waals surface area contributed by atoms with Crippen LogP contribution in [0.3, 0.4) is 0 Å². The van der Waals surface area contributed by atoms with E-state index in [9.17, 15) is 0 Å². The summed E-state index contributed by atoms with van der Waals surface area (Å²) in [6.45, 7) is 7.45. The molecule has 2 aromatic rings. The Morgan fingerprint density at radius 3 is 2.57 bits per heavy atom. The van der Waals surface area contributed by atoms with Crippen molar-refractivity contribution in [2.75, 3.05) is 20.3 Å². The molecule has 0 aliphatic rings. The topological polar surface area (TPSA) is 73.1 Å². The first-order valence-corrected chi connectivity index (χ1v) is 7.13. The molecular formula is C15H22N4O2. The molecule has 2 aromatic heterocycles. The van der Waals surface area contributed by atoms with Crippen molar-refractivity contribution in [3.63, 3.8) is 0 Å². The Labute approximate surface area is 124 Å². The first-order chi connectivity index (χ1) is 10.1. The van der Waals surface area contributed by atoms with Crippen molar-refractivity contribution < 1.29 is 9.26 Å². The second kappa shape index (κ2) is 7.28. The number of pyridine rings is 1. The zero-order valence-corrected chi connectivity index (χ0v) is 13.0. The quantitative estimate of drug-likeness (QED) is 0.840. The lowest BCUT2D eigenvalue weighted by molar-refractivity contribution is 0.162. The van der Waals surface area contributed by atoms with Crippen LogP contribution in [0.25, 0.3) is 11.4 Å². The molecule has 0 radical (unpaired) electrons. The highest BCUT2D eigenvalue weighted by molar-refractivity contribution is 5.55. The molecule has 114 valence electrons. The Kier molecular flexibility index (Phi) is 5.41. The SMILES string of the molecule is CCNC(COC)Cc1nc(-c2cc(C)nc(C)c2)no1. The monoisotopic (exact) mass is 290 g/mol. The summed E-state index contributed by atoms with van der Waals surface area (Å²) in [6, 6.07) is 4.09. The Morgan fingerprint density at radius 1 is 1.24 bits per heavy atom. The van der Waals surface area contributed by atoms with Gasteiger partial charge in [-0.1, -0.05) is 12.1 Å². The normalized spacial score (nSPS) is 12.6. The third-order valence-electron chi connectivity index (χ3n) is 3.09. The van der Waals surface area contributed by atoms with E-state index in [1.165, 1.54) is 0 Å². The molecule has 0 spiro atoms. The van der Waals surface area contributed by atoms with Crippen molar-refractivity contribution in [3.05, 3.63) is 29.4 Å². The number of nitrogens with zero attached hydrogens (tertiary/aromatic N) is 3. The van der Waals surface area contributed by atoms with Gasteiger partial charge < -0.3 is 14.6 Å². The van der Waals surface area contributed by atoms with Crippen LogP contribution in [0.5, 0.6) is 0 Å². The molecule has 6 nitrogen and oxygen atoms in total. The average Bonchev–Trinajstić information content (AvgIpc) is 2.87. The number of likely N-dealkylation sites (N-methyl/N-ethyl adjacent to an activating group) is 1.